The molecule has 32 heavy (non-hydrogen) atoms. The van der Waals surface area contributed by atoms with Crippen LogP contribution in [0.5, 0.6) is 0 Å². The lowest BCUT2D eigenvalue weighted by Crippen LogP contribution is -2.25. The summed E-state index contributed by atoms with van der Waals surface area (Å²) in [6.07, 6.45) is 10.7. The van der Waals surface area contributed by atoms with Gasteiger partial charge in [0.2, 0.25) is 0 Å². The third-order valence-corrected chi connectivity index (χ3v) is 6.87. The van der Waals surface area contributed by atoms with Crippen molar-refractivity contribution >= 4 is 5.91 Å². The predicted molar refractivity (Wildman–Crippen MR) is 132 cm³/mol. The van der Waals surface area contributed by atoms with E-state index < -0.39 is 0 Å². The molecule has 2 aliphatic heterocycles. The Morgan fingerprint density at radius 2 is 1.19 bits per heavy atom. The first-order valence-electron chi connectivity index (χ1n) is 12.7. The quantitative estimate of drug-likeness (QED) is 0.638. The number of benzene rings is 2. The lowest BCUT2D eigenvalue weighted by atomic mass is 10.1. The Kier molecular flexibility index (Phi) is 8.75. The second-order valence-electron chi connectivity index (χ2n) is 9.58. The fourth-order valence-electron chi connectivity index (χ4n) is 4.99. The second kappa shape index (κ2) is 12.2. The highest BCUT2D eigenvalue weighted by Gasteiger charge is 2.12. The van der Waals surface area contributed by atoms with Crippen LogP contribution in [0.2, 0.25) is 0 Å². The first-order valence-corrected chi connectivity index (χ1v) is 12.7. The largest absolute Gasteiger partial charge is 0.348 e. The van der Waals surface area contributed by atoms with Crippen LogP contribution in [0.15, 0.2) is 48.5 Å². The maximum absolute atomic E-state index is 12.7. The zero-order chi connectivity index (χ0) is 22.0. The SMILES string of the molecule is O=C(NCc1cccc(CN2CCCCCC2)c1)c1ccc(CN2CCCCCC2)cc1. The van der Waals surface area contributed by atoms with Crippen LogP contribution >= 0.6 is 0 Å². The maximum atomic E-state index is 12.7. The monoisotopic (exact) mass is 433 g/mol. The van der Waals surface area contributed by atoms with Crippen LogP contribution in [0.25, 0.3) is 0 Å². The smallest absolute Gasteiger partial charge is 0.251 e. The van der Waals surface area contributed by atoms with Crippen LogP contribution in [0.1, 0.15) is 78.4 Å². The van der Waals surface area contributed by atoms with Crippen LogP contribution in [-0.4, -0.2) is 41.9 Å². The summed E-state index contributed by atoms with van der Waals surface area (Å²) in [5.74, 6) is 0.00393. The summed E-state index contributed by atoms with van der Waals surface area (Å²) < 4.78 is 0. The molecule has 0 atom stereocenters. The number of carbonyl (C=O) groups excluding carboxylic acids is 1. The van der Waals surface area contributed by atoms with E-state index in [-0.39, 0.29) is 5.91 Å². The van der Waals surface area contributed by atoms with E-state index >= 15 is 0 Å². The Morgan fingerprint density at radius 1 is 0.656 bits per heavy atom. The van der Waals surface area contributed by atoms with Gasteiger partial charge in [-0.05, 0) is 80.7 Å². The number of hydrogen-bond acceptors (Lipinski definition) is 3. The van der Waals surface area contributed by atoms with Crippen LogP contribution in [-0.2, 0) is 19.6 Å². The molecule has 2 heterocycles. The molecule has 2 saturated heterocycles. The van der Waals surface area contributed by atoms with Gasteiger partial charge in [0.15, 0.2) is 0 Å². The number of rotatable bonds is 7. The van der Waals surface area contributed by atoms with E-state index in [0.29, 0.717) is 6.54 Å². The van der Waals surface area contributed by atoms with E-state index in [1.165, 1.54) is 94.2 Å². The van der Waals surface area contributed by atoms with Gasteiger partial charge in [-0.1, -0.05) is 62.1 Å². The Labute approximate surface area is 194 Å². The average molecular weight is 434 g/mol. The minimum absolute atomic E-state index is 0.00393. The molecule has 0 bridgehead atoms. The molecule has 0 spiro atoms. The molecule has 0 radical (unpaired) electrons. The molecule has 172 valence electrons. The summed E-state index contributed by atoms with van der Waals surface area (Å²) in [5.41, 5.74) is 4.55. The van der Waals surface area contributed by atoms with Crippen molar-refractivity contribution in [2.24, 2.45) is 0 Å². The van der Waals surface area contributed by atoms with Crippen molar-refractivity contribution in [2.75, 3.05) is 26.2 Å². The molecule has 2 aliphatic rings. The Morgan fingerprint density at radius 3 is 1.78 bits per heavy atom. The Balaban J connectivity index is 1.26. The van der Waals surface area contributed by atoms with Gasteiger partial charge in [0.25, 0.3) is 5.91 Å². The van der Waals surface area contributed by atoms with Gasteiger partial charge < -0.3 is 5.32 Å². The van der Waals surface area contributed by atoms with Gasteiger partial charge in [-0.2, -0.15) is 0 Å². The zero-order valence-corrected chi connectivity index (χ0v) is 19.5. The topological polar surface area (TPSA) is 35.6 Å². The number of amides is 1. The third kappa shape index (κ3) is 7.18. The molecule has 1 N–H and O–H groups in total. The molecule has 4 rings (SSSR count). The number of likely N-dealkylation sites (tertiary alicyclic amines) is 2. The molecule has 1 amide bonds. The van der Waals surface area contributed by atoms with Crippen molar-refractivity contribution in [1.29, 1.82) is 0 Å². The van der Waals surface area contributed by atoms with Gasteiger partial charge >= 0.3 is 0 Å². The molecule has 2 fully saturated rings. The van der Waals surface area contributed by atoms with Crippen molar-refractivity contribution in [3.63, 3.8) is 0 Å². The first-order chi connectivity index (χ1) is 15.8. The first kappa shape index (κ1) is 23.0. The lowest BCUT2D eigenvalue weighted by molar-refractivity contribution is 0.0951. The fourth-order valence-corrected chi connectivity index (χ4v) is 4.99. The van der Waals surface area contributed by atoms with Crippen molar-refractivity contribution in [2.45, 2.75) is 71.0 Å². The normalized spacial score (nSPS) is 18.6. The highest BCUT2D eigenvalue weighted by Crippen LogP contribution is 2.16. The summed E-state index contributed by atoms with van der Waals surface area (Å²) in [6, 6.07) is 16.8. The number of nitrogens with zero attached hydrogens (tertiary/aromatic N) is 2. The standard InChI is InChI=1S/C28H39N3O/c32-28(27-14-12-24(13-15-27)22-30-16-5-1-2-6-17-30)29-21-25-10-9-11-26(20-25)23-31-18-7-3-4-8-19-31/h9-15,20H,1-8,16-19,21-23H2,(H,29,32). The van der Waals surface area contributed by atoms with Crippen LogP contribution < -0.4 is 5.32 Å². The van der Waals surface area contributed by atoms with Gasteiger partial charge in [0, 0.05) is 25.2 Å². The number of carbonyl (C=O) groups is 1. The minimum atomic E-state index is 0.00393. The molecule has 0 aliphatic carbocycles. The number of hydrogen-bond donors (Lipinski definition) is 1. The fraction of sp³-hybridized carbons (Fsp3) is 0.536. The van der Waals surface area contributed by atoms with E-state index in [0.717, 1.165) is 18.7 Å². The molecule has 0 saturated carbocycles. The highest BCUT2D eigenvalue weighted by atomic mass is 16.1. The van der Waals surface area contributed by atoms with Gasteiger partial charge in [-0.25, -0.2) is 0 Å². The Hall–Kier alpha value is -2.17. The predicted octanol–water partition coefficient (Wildman–Crippen LogP) is 5.37. The van der Waals surface area contributed by atoms with E-state index in [9.17, 15) is 4.79 Å². The summed E-state index contributed by atoms with van der Waals surface area (Å²) in [5, 5.41) is 3.10. The lowest BCUT2D eigenvalue weighted by Gasteiger charge is -2.20. The van der Waals surface area contributed by atoms with E-state index in [4.69, 9.17) is 0 Å². The summed E-state index contributed by atoms with van der Waals surface area (Å²) in [4.78, 5) is 17.8. The molecule has 0 unspecified atom stereocenters. The van der Waals surface area contributed by atoms with Crippen molar-refractivity contribution < 1.29 is 4.79 Å². The van der Waals surface area contributed by atoms with Crippen LogP contribution in [0.3, 0.4) is 0 Å². The number of nitrogens with one attached hydrogen (secondary N) is 1. The average Bonchev–Trinajstić information content (AvgIpc) is 3.23. The summed E-state index contributed by atoms with van der Waals surface area (Å²) >= 11 is 0. The molecule has 4 nitrogen and oxygen atoms in total. The summed E-state index contributed by atoms with van der Waals surface area (Å²) in [7, 11) is 0. The highest BCUT2D eigenvalue weighted by molar-refractivity contribution is 5.94. The van der Waals surface area contributed by atoms with Gasteiger partial charge in [-0.3, -0.25) is 14.6 Å². The second-order valence-corrected chi connectivity index (χ2v) is 9.58. The van der Waals surface area contributed by atoms with Crippen LogP contribution in [0.4, 0.5) is 0 Å². The molecule has 2 aromatic rings. The van der Waals surface area contributed by atoms with Crippen molar-refractivity contribution in [3.05, 3.63) is 70.8 Å². The van der Waals surface area contributed by atoms with Crippen molar-refractivity contribution in [1.82, 2.24) is 15.1 Å². The zero-order valence-electron chi connectivity index (χ0n) is 19.5. The molecule has 4 heteroatoms. The third-order valence-electron chi connectivity index (χ3n) is 6.87. The van der Waals surface area contributed by atoms with Gasteiger partial charge in [-0.15, -0.1) is 0 Å². The van der Waals surface area contributed by atoms with E-state index in [1.54, 1.807) is 0 Å². The van der Waals surface area contributed by atoms with Gasteiger partial charge in [0.05, 0.1) is 0 Å². The van der Waals surface area contributed by atoms with E-state index in [1.807, 2.05) is 12.1 Å². The molecule has 2 aromatic carbocycles. The summed E-state index contributed by atoms with van der Waals surface area (Å²) in [6.45, 7) is 7.37. The molecular weight excluding hydrogens is 394 g/mol. The maximum Gasteiger partial charge on any atom is 0.251 e. The van der Waals surface area contributed by atoms with Gasteiger partial charge in [0.1, 0.15) is 0 Å². The molecular formula is C28H39N3O. The van der Waals surface area contributed by atoms with Crippen LogP contribution in [0, 0.1) is 0 Å². The van der Waals surface area contributed by atoms with E-state index in [2.05, 4.69) is 51.5 Å². The Bertz CT molecular complexity index is 832. The minimum Gasteiger partial charge on any atom is -0.348 e. The molecule has 0 aromatic heterocycles. The van der Waals surface area contributed by atoms with Crippen molar-refractivity contribution in [3.8, 4) is 0 Å².